The van der Waals surface area contributed by atoms with Gasteiger partial charge in [-0.05, 0) is 13.8 Å². The van der Waals surface area contributed by atoms with Crippen LogP contribution >= 0.6 is 0 Å². The Morgan fingerprint density at radius 3 is 2.24 bits per heavy atom. The van der Waals surface area contributed by atoms with Gasteiger partial charge < -0.3 is 30.3 Å². The van der Waals surface area contributed by atoms with Crippen molar-refractivity contribution in [2.45, 2.75) is 50.5 Å². The van der Waals surface area contributed by atoms with E-state index in [1.54, 1.807) is 0 Å². The Morgan fingerprint density at radius 2 is 1.86 bits per heavy atom. The van der Waals surface area contributed by atoms with Crippen LogP contribution in [0.1, 0.15) is 13.8 Å². The summed E-state index contributed by atoms with van der Waals surface area (Å²) < 4.78 is 5.26. The summed E-state index contributed by atoms with van der Waals surface area (Å²) in [6, 6.07) is -1.43. The molecule has 122 valence electrons. The number of Topliss-reactive ketones (excluding diaryl/α,β-unsaturated/α-hetero) is 1. The molecular formula is C12H21NO8. The quantitative estimate of drug-likeness (QED) is 0.302. The Hall–Kier alpha value is -1.10. The lowest BCUT2D eigenvalue weighted by Crippen LogP contribution is -2.64. The average molecular weight is 307 g/mol. The molecule has 1 aliphatic heterocycles. The van der Waals surface area contributed by atoms with E-state index in [4.69, 9.17) is 14.9 Å². The lowest BCUT2D eigenvalue weighted by molar-refractivity contribution is -0.218. The predicted molar refractivity (Wildman–Crippen MR) is 68.2 cm³/mol. The summed E-state index contributed by atoms with van der Waals surface area (Å²) >= 11 is 0. The zero-order valence-electron chi connectivity index (χ0n) is 11.7. The smallest absolute Gasteiger partial charge is 0.323 e. The summed E-state index contributed by atoms with van der Waals surface area (Å²) in [4.78, 5) is 22.7. The SMILES string of the molecule is CC(=O)[C@@H]1[C@@H](O)[C@H](O)[C@@H](CO)O[C@H]1N[C@H](C(=O)O)[C@@H](C)O. The Balaban J connectivity index is 2.99. The van der Waals surface area contributed by atoms with E-state index in [1.807, 2.05) is 0 Å². The molecule has 0 aromatic carbocycles. The van der Waals surface area contributed by atoms with E-state index in [0.717, 1.165) is 6.92 Å². The van der Waals surface area contributed by atoms with Crippen LogP contribution in [0.5, 0.6) is 0 Å². The van der Waals surface area contributed by atoms with Crippen molar-refractivity contribution in [2.75, 3.05) is 6.61 Å². The number of ether oxygens (including phenoxy) is 1. The number of ketones is 1. The van der Waals surface area contributed by atoms with Gasteiger partial charge in [0.25, 0.3) is 0 Å². The van der Waals surface area contributed by atoms with Crippen LogP contribution in [-0.2, 0) is 14.3 Å². The number of aliphatic carboxylic acids is 1. The maximum atomic E-state index is 11.6. The Labute approximate surface area is 121 Å². The molecule has 0 aliphatic carbocycles. The molecule has 1 heterocycles. The van der Waals surface area contributed by atoms with Crippen LogP contribution < -0.4 is 5.32 Å². The molecule has 0 spiro atoms. The number of aliphatic hydroxyl groups is 4. The summed E-state index contributed by atoms with van der Waals surface area (Å²) in [7, 11) is 0. The molecule has 1 saturated heterocycles. The highest BCUT2D eigenvalue weighted by atomic mass is 16.5. The Bertz CT molecular complexity index is 387. The fourth-order valence-electron chi connectivity index (χ4n) is 2.31. The minimum Gasteiger partial charge on any atom is -0.480 e. The standard InChI is InChI=1S/C12H21NO8/c1-4(15)7-10(18)9(17)6(3-14)21-11(7)13-8(5(2)16)12(19)20/h5-11,13-14,16-18H,3H2,1-2H3,(H,19,20)/t5-,6-,7-,8+,9-,10-,11-/m1/s1. The molecule has 0 unspecified atom stereocenters. The number of rotatable bonds is 6. The van der Waals surface area contributed by atoms with E-state index >= 15 is 0 Å². The number of aliphatic hydroxyl groups excluding tert-OH is 4. The second-order valence-electron chi connectivity index (χ2n) is 5.12. The van der Waals surface area contributed by atoms with E-state index in [1.165, 1.54) is 6.92 Å². The van der Waals surface area contributed by atoms with Crippen LogP contribution in [-0.4, -0.2) is 80.6 Å². The third kappa shape index (κ3) is 3.96. The maximum Gasteiger partial charge on any atom is 0.323 e. The first kappa shape index (κ1) is 18.0. The highest BCUT2D eigenvalue weighted by Gasteiger charge is 2.47. The summed E-state index contributed by atoms with van der Waals surface area (Å²) in [5.41, 5.74) is 0. The number of hydrogen-bond donors (Lipinski definition) is 6. The molecule has 0 amide bonds. The molecule has 1 rings (SSSR count). The molecular weight excluding hydrogens is 286 g/mol. The van der Waals surface area contributed by atoms with Gasteiger partial charge in [0.2, 0.25) is 0 Å². The largest absolute Gasteiger partial charge is 0.480 e. The van der Waals surface area contributed by atoms with Crippen LogP contribution in [0.3, 0.4) is 0 Å². The van der Waals surface area contributed by atoms with Gasteiger partial charge >= 0.3 is 5.97 Å². The molecule has 9 heteroatoms. The molecule has 1 fully saturated rings. The van der Waals surface area contributed by atoms with E-state index in [9.17, 15) is 24.9 Å². The van der Waals surface area contributed by atoms with Crippen molar-refractivity contribution in [3.05, 3.63) is 0 Å². The van der Waals surface area contributed by atoms with Crippen molar-refractivity contribution in [2.24, 2.45) is 5.92 Å². The highest BCUT2D eigenvalue weighted by Crippen LogP contribution is 2.26. The van der Waals surface area contributed by atoms with Crippen LogP contribution in [0.25, 0.3) is 0 Å². The molecule has 0 radical (unpaired) electrons. The van der Waals surface area contributed by atoms with Gasteiger partial charge in [-0.1, -0.05) is 0 Å². The van der Waals surface area contributed by atoms with Gasteiger partial charge in [0, 0.05) is 0 Å². The van der Waals surface area contributed by atoms with Gasteiger partial charge in [0.05, 0.1) is 24.7 Å². The third-order valence-corrected chi connectivity index (χ3v) is 3.49. The van der Waals surface area contributed by atoms with E-state index in [-0.39, 0.29) is 0 Å². The number of hydrogen-bond acceptors (Lipinski definition) is 8. The summed E-state index contributed by atoms with van der Waals surface area (Å²) in [5, 5.41) is 49.7. The second-order valence-corrected chi connectivity index (χ2v) is 5.12. The molecule has 21 heavy (non-hydrogen) atoms. The fourth-order valence-corrected chi connectivity index (χ4v) is 2.31. The van der Waals surface area contributed by atoms with Crippen molar-refractivity contribution in [3.8, 4) is 0 Å². The van der Waals surface area contributed by atoms with E-state index < -0.39 is 61.0 Å². The topological polar surface area (TPSA) is 157 Å². The second kappa shape index (κ2) is 7.25. The monoisotopic (exact) mass is 307 g/mol. The maximum absolute atomic E-state index is 11.6. The summed E-state index contributed by atoms with van der Waals surface area (Å²) in [6.07, 6.45) is -6.70. The number of carbonyl (C=O) groups is 2. The first-order valence-corrected chi connectivity index (χ1v) is 6.50. The lowest BCUT2D eigenvalue weighted by atomic mass is 9.87. The predicted octanol–water partition coefficient (Wildman–Crippen LogP) is -2.95. The Kier molecular flexibility index (Phi) is 6.20. The molecule has 0 aromatic heterocycles. The normalized spacial score (nSPS) is 36.0. The van der Waals surface area contributed by atoms with Crippen molar-refractivity contribution >= 4 is 11.8 Å². The fraction of sp³-hybridized carbons (Fsp3) is 0.833. The van der Waals surface area contributed by atoms with Crippen LogP contribution in [0.15, 0.2) is 0 Å². The van der Waals surface area contributed by atoms with Crippen LogP contribution in [0.2, 0.25) is 0 Å². The average Bonchev–Trinajstić information content (AvgIpc) is 2.38. The van der Waals surface area contributed by atoms with E-state index in [0.29, 0.717) is 0 Å². The molecule has 9 nitrogen and oxygen atoms in total. The summed E-state index contributed by atoms with van der Waals surface area (Å²) in [5.74, 6) is -3.11. The van der Waals surface area contributed by atoms with Crippen LogP contribution in [0.4, 0.5) is 0 Å². The highest BCUT2D eigenvalue weighted by molar-refractivity contribution is 5.80. The number of carboxylic acid groups (broad SMARTS) is 1. The third-order valence-electron chi connectivity index (χ3n) is 3.49. The molecule has 6 N–H and O–H groups in total. The number of carboxylic acids is 1. The van der Waals surface area contributed by atoms with Gasteiger partial charge in [0.1, 0.15) is 30.3 Å². The molecule has 1 aliphatic rings. The lowest BCUT2D eigenvalue weighted by Gasteiger charge is -2.42. The minimum atomic E-state index is -1.52. The van der Waals surface area contributed by atoms with Gasteiger partial charge in [-0.3, -0.25) is 14.9 Å². The van der Waals surface area contributed by atoms with E-state index in [2.05, 4.69) is 5.32 Å². The van der Waals surface area contributed by atoms with Gasteiger partial charge in [-0.25, -0.2) is 0 Å². The number of nitrogens with one attached hydrogen (secondary N) is 1. The zero-order chi connectivity index (χ0) is 16.3. The number of carbonyl (C=O) groups excluding carboxylic acids is 1. The first-order valence-electron chi connectivity index (χ1n) is 6.50. The van der Waals surface area contributed by atoms with Crippen molar-refractivity contribution in [3.63, 3.8) is 0 Å². The summed E-state index contributed by atoms with van der Waals surface area (Å²) in [6.45, 7) is 1.79. The Morgan fingerprint density at radius 1 is 1.29 bits per heavy atom. The van der Waals surface area contributed by atoms with Crippen LogP contribution in [0, 0.1) is 5.92 Å². The first-order chi connectivity index (χ1) is 9.70. The van der Waals surface area contributed by atoms with Crippen molar-refractivity contribution in [1.29, 1.82) is 0 Å². The molecule has 0 aromatic rings. The zero-order valence-corrected chi connectivity index (χ0v) is 11.7. The van der Waals surface area contributed by atoms with Gasteiger partial charge in [-0.15, -0.1) is 0 Å². The van der Waals surface area contributed by atoms with Crippen molar-refractivity contribution < 1.29 is 39.9 Å². The van der Waals surface area contributed by atoms with Crippen molar-refractivity contribution in [1.82, 2.24) is 5.32 Å². The van der Waals surface area contributed by atoms with Gasteiger partial charge in [0.15, 0.2) is 0 Å². The molecule has 7 atom stereocenters. The van der Waals surface area contributed by atoms with Gasteiger partial charge in [-0.2, -0.15) is 0 Å². The minimum absolute atomic E-state index is 0.523. The molecule has 0 saturated carbocycles. The molecule has 0 bridgehead atoms.